The van der Waals surface area contributed by atoms with E-state index in [1.165, 1.54) is 6.07 Å². The van der Waals surface area contributed by atoms with Crippen molar-refractivity contribution in [2.45, 2.75) is 26.0 Å². The zero-order valence-corrected chi connectivity index (χ0v) is 15.4. The van der Waals surface area contributed by atoms with Gasteiger partial charge in [0.2, 0.25) is 0 Å². The van der Waals surface area contributed by atoms with Crippen LogP contribution in [0.2, 0.25) is 0 Å². The Kier molecular flexibility index (Phi) is 6.62. The fourth-order valence-corrected chi connectivity index (χ4v) is 3.27. The summed E-state index contributed by atoms with van der Waals surface area (Å²) in [7, 11) is 0. The molecule has 7 heteroatoms. The summed E-state index contributed by atoms with van der Waals surface area (Å²) in [4.78, 5) is 17.3. The van der Waals surface area contributed by atoms with E-state index in [1.54, 1.807) is 23.9 Å². The number of aryl methyl sites for hydroxylation is 1. The number of nitro groups is 1. The molecular formula is C15H20BrN3O2S. The normalized spacial score (nSPS) is 19.1. The maximum absolute atomic E-state index is 10.8. The summed E-state index contributed by atoms with van der Waals surface area (Å²) in [6.45, 7) is 11.7. The van der Waals surface area contributed by atoms with Crippen molar-refractivity contribution in [3.8, 4) is 0 Å². The van der Waals surface area contributed by atoms with E-state index in [-0.39, 0.29) is 27.6 Å². The summed E-state index contributed by atoms with van der Waals surface area (Å²) in [5, 5.41) is 12.2. The maximum atomic E-state index is 10.8. The number of non-ortho nitro benzene ring substituents is 1. The van der Waals surface area contributed by atoms with Crippen LogP contribution in [0.3, 0.4) is 0 Å². The summed E-state index contributed by atoms with van der Waals surface area (Å²) in [5.41, 5.74) is 2.79. The monoisotopic (exact) mass is 385 g/mol. The zero-order valence-electron chi connectivity index (χ0n) is 12.9. The summed E-state index contributed by atoms with van der Waals surface area (Å²) in [6.07, 6.45) is 0. The lowest BCUT2D eigenvalue weighted by molar-refractivity contribution is -0.384. The first-order valence-electron chi connectivity index (χ1n) is 6.76. The molecular weight excluding hydrogens is 366 g/mol. The highest BCUT2D eigenvalue weighted by atomic mass is 79.9. The first-order valence-corrected chi connectivity index (χ1v) is 7.64. The van der Waals surface area contributed by atoms with Crippen LogP contribution in [0.1, 0.15) is 19.4 Å². The molecule has 0 amide bonds. The third-order valence-electron chi connectivity index (χ3n) is 3.12. The molecule has 1 heterocycles. The molecule has 1 aliphatic heterocycles. The minimum atomic E-state index is -0.385. The van der Waals surface area contributed by atoms with Gasteiger partial charge in [0.25, 0.3) is 5.69 Å². The number of hydrogen-bond donors (Lipinski definition) is 0. The standard InChI is InChI=1S/C15H19N3O2S.BrH/c1-10(2)8-17-9-12(4)21-15(17)16-14-6-5-13(18(19)20)7-11(14)3;/h5-7,12H,1,8-9H2,2-4H3;1H. The van der Waals surface area contributed by atoms with Crippen LogP contribution in [0.15, 0.2) is 35.3 Å². The Bertz CT molecular complexity index is 619. The molecule has 1 aliphatic rings. The summed E-state index contributed by atoms with van der Waals surface area (Å²) in [6, 6.07) is 4.77. The average Bonchev–Trinajstić information content (AvgIpc) is 2.70. The molecule has 1 aromatic carbocycles. The van der Waals surface area contributed by atoms with Gasteiger partial charge in [-0.1, -0.05) is 30.8 Å². The van der Waals surface area contributed by atoms with Gasteiger partial charge in [0.05, 0.1) is 10.6 Å². The SMILES string of the molecule is Br.C=C(C)CN1CC(C)SC1=Nc1ccc([N+](=O)[O-])cc1C. The number of nitro benzene ring substituents is 1. The molecule has 1 atom stereocenters. The summed E-state index contributed by atoms with van der Waals surface area (Å²) >= 11 is 1.73. The fraction of sp³-hybridized carbons (Fsp3) is 0.400. The van der Waals surface area contributed by atoms with Crippen molar-refractivity contribution in [3.05, 3.63) is 46.0 Å². The van der Waals surface area contributed by atoms with Crippen LogP contribution in [-0.4, -0.2) is 33.3 Å². The highest BCUT2D eigenvalue weighted by Gasteiger charge is 2.25. The second kappa shape index (κ2) is 7.78. The summed E-state index contributed by atoms with van der Waals surface area (Å²) in [5.74, 6) is 0. The van der Waals surface area contributed by atoms with Gasteiger partial charge >= 0.3 is 0 Å². The highest BCUT2D eigenvalue weighted by Crippen LogP contribution is 2.31. The van der Waals surface area contributed by atoms with Crippen molar-refractivity contribution in [1.29, 1.82) is 0 Å². The minimum Gasteiger partial charge on any atom is -0.346 e. The number of nitrogens with zero attached hydrogens (tertiary/aromatic N) is 3. The molecule has 0 spiro atoms. The van der Waals surface area contributed by atoms with Crippen LogP contribution in [-0.2, 0) is 0 Å². The number of halogens is 1. The predicted octanol–water partition coefficient (Wildman–Crippen LogP) is 4.48. The molecule has 2 rings (SSSR count). The van der Waals surface area contributed by atoms with Crippen LogP contribution in [0, 0.1) is 17.0 Å². The minimum absolute atomic E-state index is 0. The number of thioether (sulfide) groups is 1. The molecule has 1 unspecified atom stereocenters. The van der Waals surface area contributed by atoms with Crippen molar-refractivity contribution >= 4 is 45.3 Å². The first-order chi connectivity index (χ1) is 9.86. The molecule has 120 valence electrons. The maximum Gasteiger partial charge on any atom is 0.269 e. The Labute approximate surface area is 145 Å². The topological polar surface area (TPSA) is 58.7 Å². The van der Waals surface area contributed by atoms with Crippen LogP contribution < -0.4 is 0 Å². The number of hydrogen-bond acceptors (Lipinski definition) is 4. The third kappa shape index (κ3) is 4.58. The molecule has 5 nitrogen and oxygen atoms in total. The van der Waals surface area contributed by atoms with E-state index in [0.29, 0.717) is 5.25 Å². The van der Waals surface area contributed by atoms with Gasteiger partial charge in [-0.25, -0.2) is 4.99 Å². The predicted molar refractivity (Wildman–Crippen MR) is 98.7 cm³/mol. The van der Waals surface area contributed by atoms with E-state index in [0.717, 1.165) is 35.1 Å². The van der Waals surface area contributed by atoms with E-state index in [2.05, 4.69) is 23.4 Å². The lowest BCUT2D eigenvalue weighted by Crippen LogP contribution is -2.26. The first kappa shape index (κ1) is 18.7. The second-order valence-electron chi connectivity index (χ2n) is 5.39. The Morgan fingerprint density at radius 3 is 2.82 bits per heavy atom. The average molecular weight is 386 g/mol. The van der Waals surface area contributed by atoms with Crippen LogP contribution >= 0.6 is 28.7 Å². The molecule has 0 aliphatic carbocycles. The van der Waals surface area contributed by atoms with Gasteiger partial charge in [-0.2, -0.15) is 0 Å². The van der Waals surface area contributed by atoms with Gasteiger partial charge in [0, 0.05) is 30.5 Å². The van der Waals surface area contributed by atoms with Gasteiger partial charge in [-0.3, -0.25) is 10.1 Å². The number of aliphatic imine (C=N–C) groups is 1. The largest absolute Gasteiger partial charge is 0.346 e. The quantitative estimate of drug-likeness (QED) is 0.435. The molecule has 22 heavy (non-hydrogen) atoms. The Morgan fingerprint density at radius 2 is 2.27 bits per heavy atom. The fourth-order valence-electron chi connectivity index (χ4n) is 2.22. The molecule has 1 saturated heterocycles. The zero-order chi connectivity index (χ0) is 15.6. The lowest BCUT2D eigenvalue weighted by atomic mass is 10.2. The Balaban J connectivity index is 0.00000242. The smallest absolute Gasteiger partial charge is 0.269 e. The van der Waals surface area contributed by atoms with Gasteiger partial charge in [-0.15, -0.1) is 17.0 Å². The number of amidine groups is 1. The van der Waals surface area contributed by atoms with Crippen LogP contribution in [0.5, 0.6) is 0 Å². The Hall–Kier alpha value is -1.34. The van der Waals surface area contributed by atoms with Crippen LogP contribution in [0.25, 0.3) is 0 Å². The molecule has 1 aromatic rings. The van der Waals surface area contributed by atoms with Crippen molar-refractivity contribution in [2.24, 2.45) is 4.99 Å². The molecule has 0 bridgehead atoms. The molecule has 0 N–H and O–H groups in total. The third-order valence-corrected chi connectivity index (χ3v) is 4.23. The van der Waals surface area contributed by atoms with Crippen LogP contribution in [0.4, 0.5) is 11.4 Å². The van der Waals surface area contributed by atoms with E-state index in [9.17, 15) is 10.1 Å². The number of rotatable bonds is 4. The van der Waals surface area contributed by atoms with Gasteiger partial charge in [0.1, 0.15) is 0 Å². The second-order valence-corrected chi connectivity index (χ2v) is 6.79. The van der Waals surface area contributed by atoms with Crippen molar-refractivity contribution in [3.63, 3.8) is 0 Å². The summed E-state index contributed by atoms with van der Waals surface area (Å²) < 4.78 is 0. The Morgan fingerprint density at radius 1 is 1.59 bits per heavy atom. The highest BCUT2D eigenvalue weighted by molar-refractivity contribution is 8.93. The van der Waals surface area contributed by atoms with Gasteiger partial charge < -0.3 is 4.90 Å². The van der Waals surface area contributed by atoms with Gasteiger partial charge in [0.15, 0.2) is 5.17 Å². The van der Waals surface area contributed by atoms with E-state index >= 15 is 0 Å². The molecule has 0 aromatic heterocycles. The van der Waals surface area contributed by atoms with E-state index in [4.69, 9.17) is 0 Å². The van der Waals surface area contributed by atoms with Gasteiger partial charge in [-0.05, 0) is 25.5 Å². The molecule has 1 fully saturated rings. The number of benzene rings is 1. The van der Waals surface area contributed by atoms with E-state index in [1.807, 2.05) is 13.8 Å². The van der Waals surface area contributed by atoms with Crippen molar-refractivity contribution < 1.29 is 4.92 Å². The van der Waals surface area contributed by atoms with Crippen molar-refractivity contribution in [1.82, 2.24) is 4.90 Å². The lowest BCUT2D eigenvalue weighted by Gasteiger charge is -2.18. The molecule has 0 radical (unpaired) electrons. The van der Waals surface area contributed by atoms with Crippen molar-refractivity contribution in [2.75, 3.05) is 13.1 Å². The molecule has 0 saturated carbocycles. The van der Waals surface area contributed by atoms with E-state index < -0.39 is 0 Å².